The van der Waals surface area contributed by atoms with Crippen molar-refractivity contribution in [3.05, 3.63) is 104 Å². The fraction of sp³-hybridized carbons (Fsp3) is 0.258. The van der Waals surface area contributed by atoms with Crippen molar-refractivity contribution in [3.63, 3.8) is 0 Å². The Morgan fingerprint density at radius 3 is 2.49 bits per heavy atom. The first-order valence-electron chi connectivity index (χ1n) is 13.2. The number of fused-ring (bicyclic) bond motifs is 2. The number of alkyl halides is 1. The lowest BCUT2D eigenvalue weighted by Gasteiger charge is -2.17. The monoisotopic (exact) mass is 578 g/mol. The molecule has 210 valence electrons. The van der Waals surface area contributed by atoms with Crippen LogP contribution in [-0.2, 0) is 29.2 Å². The number of carbonyl (C=O) groups excluding carboxylic acids is 2. The van der Waals surface area contributed by atoms with Gasteiger partial charge in [0.25, 0.3) is 0 Å². The third-order valence-corrected chi connectivity index (χ3v) is 7.79. The lowest BCUT2D eigenvalue weighted by atomic mass is 9.98. The van der Waals surface area contributed by atoms with Crippen LogP contribution in [0.25, 0.3) is 22.0 Å². The highest BCUT2D eigenvalue weighted by molar-refractivity contribution is 6.38. The van der Waals surface area contributed by atoms with E-state index in [1.165, 1.54) is 10.8 Å². The molecule has 2 aliphatic rings. The second-order valence-electron chi connectivity index (χ2n) is 10.1. The van der Waals surface area contributed by atoms with E-state index >= 15 is 4.39 Å². The normalized spacial score (nSPS) is 17.4. The van der Waals surface area contributed by atoms with E-state index < -0.39 is 35.5 Å². The Hall–Kier alpha value is -4.24. The first-order valence-corrected chi connectivity index (χ1v) is 13.6. The van der Waals surface area contributed by atoms with Gasteiger partial charge in [0, 0.05) is 31.3 Å². The van der Waals surface area contributed by atoms with Gasteiger partial charge in [0.1, 0.15) is 24.2 Å². The Morgan fingerprint density at radius 1 is 1.05 bits per heavy atom. The van der Waals surface area contributed by atoms with Crippen LogP contribution in [0, 0.1) is 5.82 Å². The summed E-state index contributed by atoms with van der Waals surface area (Å²) < 4.78 is 41.8. The van der Waals surface area contributed by atoms with Gasteiger partial charge in [-0.15, -0.1) is 0 Å². The topological polar surface area (TPSA) is 77.8 Å². The van der Waals surface area contributed by atoms with E-state index in [0.29, 0.717) is 12.1 Å². The number of esters is 1. The van der Waals surface area contributed by atoms with Gasteiger partial charge in [-0.2, -0.15) is 0 Å². The number of nitrogens with zero attached hydrogens (tertiary/aromatic N) is 2. The Bertz CT molecular complexity index is 1760. The van der Waals surface area contributed by atoms with Crippen molar-refractivity contribution in [2.45, 2.75) is 45.3 Å². The smallest absolute Gasteiger partial charge is 0.410 e. The Labute approximate surface area is 238 Å². The third-order valence-electron chi connectivity index (χ3n) is 7.42. The summed E-state index contributed by atoms with van der Waals surface area (Å²) in [5, 5.41) is -0.196. The highest BCUT2D eigenvalue weighted by Crippen LogP contribution is 2.44. The SMILES string of the molecule is CCOC(=O)c1cn([C@@H]2C[C@@H]2F)c2c(Cl)c(-c3ccc4c(c3)CN(C(=O)OCc3ccccc3)C4)c(F)cc2c1=O. The van der Waals surface area contributed by atoms with E-state index in [1.807, 2.05) is 30.3 Å². The maximum atomic E-state index is 15.7. The Balaban J connectivity index is 1.34. The van der Waals surface area contributed by atoms with Gasteiger partial charge in [-0.05, 0) is 41.3 Å². The van der Waals surface area contributed by atoms with Crippen molar-refractivity contribution >= 4 is 34.6 Å². The molecule has 4 aromatic rings. The maximum absolute atomic E-state index is 15.7. The molecule has 0 N–H and O–H groups in total. The van der Waals surface area contributed by atoms with Crippen molar-refractivity contribution < 1.29 is 27.8 Å². The summed E-state index contributed by atoms with van der Waals surface area (Å²) in [5.74, 6) is -1.63. The molecule has 1 aliphatic carbocycles. The van der Waals surface area contributed by atoms with Crippen LogP contribution in [0.3, 0.4) is 0 Å². The second kappa shape index (κ2) is 10.6. The van der Waals surface area contributed by atoms with Gasteiger partial charge in [-0.3, -0.25) is 9.69 Å². The number of rotatable bonds is 6. The first-order chi connectivity index (χ1) is 19.8. The molecule has 41 heavy (non-hydrogen) atoms. The number of hydrogen-bond acceptors (Lipinski definition) is 5. The highest BCUT2D eigenvalue weighted by Gasteiger charge is 2.41. The van der Waals surface area contributed by atoms with E-state index in [2.05, 4.69) is 0 Å². The molecule has 0 bridgehead atoms. The van der Waals surface area contributed by atoms with Crippen molar-refractivity contribution in [3.8, 4) is 11.1 Å². The molecule has 1 saturated carbocycles. The zero-order chi connectivity index (χ0) is 28.8. The summed E-state index contributed by atoms with van der Waals surface area (Å²) in [7, 11) is 0. The van der Waals surface area contributed by atoms with Crippen molar-refractivity contribution in [2.75, 3.05) is 6.61 Å². The van der Waals surface area contributed by atoms with Crippen LogP contribution in [-0.4, -0.2) is 34.3 Å². The first kappa shape index (κ1) is 27.0. The van der Waals surface area contributed by atoms with Gasteiger partial charge in [0.05, 0.1) is 28.6 Å². The molecular formula is C31H25ClF2N2O5. The van der Waals surface area contributed by atoms with Crippen LogP contribution in [0.5, 0.6) is 0 Å². The summed E-state index contributed by atoms with van der Waals surface area (Å²) in [5.41, 5.74) is 2.15. The van der Waals surface area contributed by atoms with Crippen molar-refractivity contribution in [1.29, 1.82) is 0 Å². The predicted molar refractivity (Wildman–Crippen MR) is 149 cm³/mol. The molecule has 1 aliphatic heterocycles. The Morgan fingerprint density at radius 2 is 1.78 bits per heavy atom. The van der Waals surface area contributed by atoms with Crippen LogP contribution in [0.4, 0.5) is 13.6 Å². The molecule has 6 rings (SSSR count). The van der Waals surface area contributed by atoms with Crippen molar-refractivity contribution in [2.24, 2.45) is 0 Å². The molecular weight excluding hydrogens is 554 g/mol. The lowest BCUT2D eigenvalue weighted by molar-refractivity contribution is 0.0524. The molecule has 1 amide bonds. The minimum absolute atomic E-state index is 0.0417. The fourth-order valence-electron chi connectivity index (χ4n) is 5.25. The number of aromatic nitrogens is 1. The minimum Gasteiger partial charge on any atom is -0.462 e. The second-order valence-corrected chi connectivity index (χ2v) is 10.5. The van der Waals surface area contributed by atoms with E-state index in [9.17, 15) is 18.8 Å². The van der Waals surface area contributed by atoms with Crippen LogP contribution in [0.1, 0.15) is 46.4 Å². The molecule has 1 fully saturated rings. The molecule has 2 heterocycles. The zero-order valence-electron chi connectivity index (χ0n) is 22.0. The summed E-state index contributed by atoms with van der Waals surface area (Å²) in [6.45, 7) is 2.40. The van der Waals surface area contributed by atoms with Crippen LogP contribution in [0.2, 0.25) is 5.02 Å². The fourth-order valence-corrected chi connectivity index (χ4v) is 5.65. The van der Waals surface area contributed by atoms with Gasteiger partial charge in [-0.25, -0.2) is 18.4 Å². The molecule has 2 atom stereocenters. The van der Waals surface area contributed by atoms with Crippen LogP contribution < -0.4 is 5.43 Å². The molecule has 0 saturated heterocycles. The van der Waals surface area contributed by atoms with E-state index in [-0.39, 0.29) is 53.2 Å². The highest BCUT2D eigenvalue weighted by atomic mass is 35.5. The predicted octanol–water partition coefficient (Wildman–Crippen LogP) is 6.57. The quantitative estimate of drug-likeness (QED) is 0.242. The molecule has 1 aromatic heterocycles. The summed E-state index contributed by atoms with van der Waals surface area (Å²) >= 11 is 6.78. The zero-order valence-corrected chi connectivity index (χ0v) is 22.8. The lowest BCUT2D eigenvalue weighted by Crippen LogP contribution is -2.25. The van der Waals surface area contributed by atoms with Crippen molar-refractivity contribution in [1.82, 2.24) is 9.47 Å². The standard InChI is InChI=1S/C31H25ClF2N2O5/c1-2-40-30(38)22-15-36(25-12-23(25)33)28-21(29(22)37)11-24(34)26(27(28)32)18-8-9-19-13-35(14-20(19)10-18)31(39)41-16-17-6-4-3-5-7-17/h3-11,15,23,25H,2,12-14,16H2,1H3/t23-,25+/m0/s1. The number of ether oxygens (including phenoxy) is 2. The maximum Gasteiger partial charge on any atom is 0.410 e. The summed E-state index contributed by atoms with van der Waals surface area (Å²) in [6, 6.07) is 15.0. The van der Waals surface area contributed by atoms with Crippen LogP contribution >= 0.6 is 11.6 Å². The molecule has 0 radical (unpaired) electrons. The molecule has 3 aromatic carbocycles. The van der Waals surface area contributed by atoms with Gasteiger partial charge >= 0.3 is 12.1 Å². The molecule has 7 nitrogen and oxygen atoms in total. The number of halogens is 3. The molecule has 0 spiro atoms. The van der Waals surface area contributed by atoms with E-state index in [4.69, 9.17) is 21.1 Å². The molecule has 0 unspecified atom stereocenters. The van der Waals surface area contributed by atoms with Gasteiger partial charge in [0.15, 0.2) is 0 Å². The van der Waals surface area contributed by atoms with E-state index in [1.54, 1.807) is 30.0 Å². The van der Waals surface area contributed by atoms with E-state index in [0.717, 1.165) is 22.8 Å². The van der Waals surface area contributed by atoms with Crippen LogP contribution in [0.15, 0.2) is 65.6 Å². The number of amides is 1. The van der Waals surface area contributed by atoms with Gasteiger partial charge in [0.2, 0.25) is 5.43 Å². The van der Waals surface area contributed by atoms with Gasteiger partial charge in [-0.1, -0.05) is 54.1 Å². The third kappa shape index (κ3) is 4.95. The largest absolute Gasteiger partial charge is 0.462 e. The Kier molecular flexibility index (Phi) is 6.99. The number of pyridine rings is 1. The minimum atomic E-state index is -1.19. The summed E-state index contributed by atoms with van der Waals surface area (Å²) in [4.78, 5) is 39.9. The number of benzene rings is 3. The molecule has 10 heteroatoms. The number of carbonyl (C=O) groups is 2. The number of hydrogen-bond donors (Lipinski definition) is 0. The van der Waals surface area contributed by atoms with Gasteiger partial charge < -0.3 is 14.0 Å². The average molecular weight is 579 g/mol. The summed E-state index contributed by atoms with van der Waals surface area (Å²) in [6.07, 6.45) is -0.221. The average Bonchev–Trinajstić information content (AvgIpc) is 3.53.